The van der Waals surface area contributed by atoms with Crippen LogP contribution in [0.1, 0.15) is 0 Å². The number of halogens is 1. The fourth-order valence-electron chi connectivity index (χ4n) is 0.746. The van der Waals surface area contributed by atoms with Crippen molar-refractivity contribution in [3.63, 3.8) is 0 Å². The van der Waals surface area contributed by atoms with Gasteiger partial charge in [0, 0.05) is 6.07 Å². The Morgan fingerprint density at radius 3 is 2.92 bits per heavy atom. The highest BCUT2D eigenvalue weighted by Crippen LogP contribution is 2.26. The fourth-order valence-corrected chi connectivity index (χ4v) is 1.24. The normalized spacial score (nSPS) is 9.92. The van der Waals surface area contributed by atoms with E-state index < -0.39 is 0 Å². The van der Waals surface area contributed by atoms with E-state index in [0.29, 0.717) is 16.0 Å². The Bertz CT molecular complexity index is 263. The predicted octanol–water partition coefficient (Wildman–Crippen LogP) is 0.0190. The van der Waals surface area contributed by atoms with Gasteiger partial charge in [-0.2, -0.15) is 10.5 Å². The standard InChI is InChI=1S/C6H8BrN3O2/c1-12-6-3(7)2-4(10-11)5(8)9-6/h2,10-11H,1H3,(H2,8,9)/p+1. The van der Waals surface area contributed by atoms with Crippen molar-refractivity contribution in [3.05, 3.63) is 10.5 Å². The summed E-state index contributed by atoms with van der Waals surface area (Å²) in [5, 5.41) is 8.70. The lowest BCUT2D eigenvalue weighted by atomic mass is 10.4. The first-order valence-electron chi connectivity index (χ1n) is 3.16. The van der Waals surface area contributed by atoms with Crippen LogP contribution in [0.5, 0.6) is 5.88 Å². The number of nitrogens with two attached hydrogens (primary N) is 2. The van der Waals surface area contributed by atoms with Gasteiger partial charge in [-0.05, 0) is 15.9 Å². The molecule has 0 aliphatic heterocycles. The summed E-state index contributed by atoms with van der Waals surface area (Å²) in [6.07, 6.45) is 0. The van der Waals surface area contributed by atoms with Crippen molar-refractivity contribution >= 4 is 27.4 Å². The number of methoxy groups -OCH3 is 1. The first kappa shape index (κ1) is 9.24. The van der Waals surface area contributed by atoms with E-state index >= 15 is 0 Å². The van der Waals surface area contributed by atoms with E-state index in [0.717, 1.165) is 5.48 Å². The first-order chi connectivity index (χ1) is 5.69. The zero-order valence-electron chi connectivity index (χ0n) is 6.41. The zero-order valence-corrected chi connectivity index (χ0v) is 8.00. The molecule has 0 saturated carbocycles. The molecule has 0 amide bonds. The van der Waals surface area contributed by atoms with Crippen LogP contribution < -0.4 is 16.0 Å². The summed E-state index contributed by atoms with van der Waals surface area (Å²) in [4.78, 5) is 3.88. The van der Waals surface area contributed by atoms with Crippen LogP contribution in [-0.2, 0) is 0 Å². The van der Waals surface area contributed by atoms with Crippen LogP contribution in [0.4, 0.5) is 11.5 Å². The molecule has 6 heteroatoms. The highest BCUT2D eigenvalue weighted by Gasteiger charge is 2.10. The van der Waals surface area contributed by atoms with E-state index in [1.54, 1.807) is 6.07 Å². The topological polar surface area (TPSA) is 85.0 Å². The van der Waals surface area contributed by atoms with E-state index in [1.807, 2.05) is 0 Å². The van der Waals surface area contributed by atoms with Crippen LogP contribution in [0.2, 0.25) is 0 Å². The van der Waals surface area contributed by atoms with Crippen molar-refractivity contribution in [2.75, 3.05) is 12.8 Å². The van der Waals surface area contributed by atoms with Gasteiger partial charge in [0.15, 0.2) is 5.82 Å². The zero-order chi connectivity index (χ0) is 9.14. The summed E-state index contributed by atoms with van der Waals surface area (Å²) in [5.74, 6) is 0.635. The third-order valence-corrected chi connectivity index (χ3v) is 1.90. The molecule has 1 aromatic heterocycles. The number of hydrogen-bond acceptors (Lipinski definition) is 4. The largest absolute Gasteiger partial charge is 0.480 e. The molecule has 5 nitrogen and oxygen atoms in total. The molecule has 0 spiro atoms. The van der Waals surface area contributed by atoms with Crippen LogP contribution in [0, 0.1) is 0 Å². The lowest BCUT2D eigenvalue weighted by molar-refractivity contribution is -0.825. The van der Waals surface area contributed by atoms with Crippen LogP contribution in [0.15, 0.2) is 10.5 Å². The summed E-state index contributed by atoms with van der Waals surface area (Å²) in [7, 11) is 1.49. The van der Waals surface area contributed by atoms with Crippen LogP contribution in [0.25, 0.3) is 0 Å². The molecule has 0 bridgehead atoms. The van der Waals surface area contributed by atoms with E-state index in [-0.39, 0.29) is 5.82 Å². The second-order valence-corrected chi connectivity index (χ2v) is 2.94. The number of quaternary nitrogens is 1. The minimum atomic E-state index is 0.234. The second-order valence-electron chi connectivity index (χ2n) is 2.08. The molecular weight excluding hydrogens is 226 g/mol. The third-order valence-electron chi connectivity index (χ3n) is 1.34. The molecule has 0 aromatic carbocycles. The highest BCUT2D eigenvalue weighted by molar-refractivity contribution is 9.10. The molecule has 1 rings (SSSR count). The molecule has 0 unspecified atom stereocenters. The smallest absolute Gasteiger partial charge is 0.230 e. The first-order valence-corrected chi connectivity index (χ1v) is 3.95. The van der Waals surface area contributed by atoms with Crippen molar-refractivity contribution in [1.82, 2.24) is 4.98 Å². The van der Waals surface area contributed by atoms with Gasteiger partial charge in [0.1, 0.15) is 0 Å². The van der Waals surface area contributed by atoms with E-state index in [1.165, 1.54) is 7.11 Å². The van der Waals surface area contributed by atoms with Gasteiger partial charge >= 0.3 is 0 Å². The van der Waals surface area contributed by atoms with Gasteiger partial charge in [0.2, 0.25) is 11.6 Å². The van der Waals surface area contributed by atoms with Crippen molar-refractivity contribution < 1.29 is 15.4 Å². The number of ether oxygens (including phenoxy) is 1. The lowest BCUT2D eigenvalue weighted by Crippen LogP contribution is -2.74. The number of hydrogen-bond donors (Lipinski definition) is 3. The van der Waals surface area contributed by atoms with E-state index in [4.69, 9.17) is 15.7 Å². The number of pyridine rings is 1. The summed E-state index contributed by atoms with van der Waals surface area (Å²) in [5.41, 5.74) is 6.83. The summed E-state index contributed by atoms with van der Waals surface area (Å²) in [6.45, 7) is 0. The Morgan fingerprint density at radius 1 is 1.75 bits per heavy atom. The molecule has 0 atom stereocenters. The van der Waals surface area contributed by atoms with Gasteiger partial charge in [-0.1, -0.05) is 0 Å². The van der Waals surface area contributed by atoms with Crippen LogP contribution >= 0.6 is 15.9 Å². The number of anilines is 1. The molecule has 1 aromatic rings. The molecule has 0 aliphatic rings. The number of nitrogens with zero attached hydrogens (tertiary/aromatic N) is 1. The minimum Gasteiger partial charge on any atom is -0.480 e. The average molecular weight is 235 g/mol. The second kappa shape index (κ2) is 3.70. The molecule has 0 saturated heterocycles. The van der Waals surface area contributed by atoms with E-state index in [9.17, 15) is 0 Å². The van der Waals surface area contributed by atoms with Crippen molar-refractivity contribution in [2.45, 2.75) is 0 Å². The fraction of sp³-hybridized carbons (Fsp3) is 0.167. The monoisotopic (exact) mass is 234 g/mol. The quantitative estimate of drug-likeness (QED) is 0.631. The van der Waals surface area contributed by atoms with Gasteiger partial charge in [-0.25, -0.2) is 5.21 Å². The average Bonchev–Trinajstić information content (AvgIpc) is 2.08. The maximum absolute atomic E-state index is 8.70. The Balaban J connectivity index is 3.16. The number of aromatic nitrogens is 1. The summed E-state index contributed by atoms with van der Waals surface area (Å²) < 4.78 is 5.54. The molecule has 1 heterocycles. The Hall–Kier alpha value is -0.850. The van der Waals surface area contributed by atoms with Gasteiger partial charge < -0.3 is 10.5 Å². The van der Waals surface area contributed by atoms with Gasteiger partial charge in [-0.3, -0.25) is 0 Å². The lowest BCUT2D eigenvalue weighted by Gasteiger charge is -2.03. The maximum Gasteiger partial charge on any atom is 0.230 e. The third kappa shape index (κ3) is 1.66. The Morgan fingerprint density at radius 2 is 2.42 bits per heavy atom. The molecule has 66 valence electrons. The van der Waals surface area contributed by atoms with Crippen molar-refractivity contribution in [2.24, 2.45) is 0 Å². The van der Waals surface area contributed by atoms with Crippen molar-refractivity contribution in [3.8, 4) is 5.88 Å². The number of rotatable bonds is 2. The molecule has 12 heavy (non-hydrogen) atoms. The Labute approximate surface area is 77.6 Å². The minimum absolute atomic E-state index is 0.234. The summed E-state index contributed by atoms with van der Waals surface area (Å²) in [6, 6.07) is 1.63. The SMILES string of the molecule is COc1nc(N)c([NH2+]O)cc1Br. The van der Waals surface area contributed by atoms with Crippen LogP contribution in [-0.4, -0.2) is 17.3 Å². The predicted molar refractivity (Wildman–Crippen MR) is 46.3 cm³/mol. The van der Waals surface area contributed by atoms with Gasteiger partial charge in [0.05, 0.1) is 11.6 Å². The highest BCUT2D eigenvalue weighted by atomic mass is 79.9. The van der Waals surface area contributed by atoms with Crippen LogP contribution in [0.3, 0.4) is 0 Å². The van der Waals surface area contributed by atoms with E-state index in [2.05, 4.69) is 20.9 Å². The molecular formula is C6H9BrN3O2+. The van der Waals surface area contributed by atoms with Crippen molar-refractivity contribution in [1.29, 1.82) is 0 Å². The summed E-state index contributed by atoms with van der Waals surface area (Å²) >= 11 is 3.21. The molecule has 5 N–H and O–H groups in total. The van der Waals surface area contributed by atoms with Gasteiger partial charge in [0.25, 0.3) is 0 Å². The Kier molecular flexibility index (Phi) is 2.85. The molecule has 0 fully saturated rings. The molecule has 0 radical (unpaired) electrons. The molecule has 0 aliphatic carbocycles. The number of nitrogen functional groups attached to an aromatic ring is 1. The van der Waals surface area contributed by atoms with Gasteiger partial charge in [-0.15, -0.1) is 0 Å². The maximum atomic E-state index is 8.70.